The smallest absolute Gasteiger partial charge is 0.127 e. The fraction of sp³-hybridized carbons (Fsp3) is 0.400. The Morgan fingerprint density at radius 3 is 2.55 bits per heavy atom. The van der Waals surface area contributed by atoms with Crippen LogP contribution < -0.4 is 14.8 Å². The van der Waals surface area contributed by atoms with E-state index in [0.717, 1.165) is 41.5 Å². The predicted molar refractivity (Wildman–Crippen MR) is 78.2 cm³/mol. The highest BCUT2D eigenvalue weighted by molar-refractivity contribution is 5.40. The molecule has 5 nitrogen and oxygen atoms in total. The van der Waals surface area contributed by atoms with Crippen LogP contribution in [0.4, 0.5) is 0 Å². The number of aryl methyl sites for hydroxylation is 2. The highest BCUT2D eigenvalue weighted by Gasteiger charge is 2.08. The van der Waals surface area contributed by atoms with Gasteiger partial charge in [-0.25, -0.2) is 0 Å². The van der Waals surface area contributed by atoms with Crippen molar-refractivity contribution in [3.63, 3.8) is 0 Å². The van der Waals surface area contributed by atoms with Gasteiger partial charge in [-0.1, -0.05) is 6.07 Å². The summed E-state index contributed by atoms with van der Waals surface area (Å²) in [5.74, 6) is 1.63. The molecule has 108 valence electrons. The number of methoxy groups -OCH3 is 2. The molecule has 1 aromatic carbocycles. The summed E-state index contributed by atoms with van der Waals surface area (Å²) in [6.07, 6.45) is 0. The number of benzene rings is 1. The minimum absolute atomic E-state index is 0.733. The number of rotatable bonds is 6. The molecule has 2 aromatic rings. The molecule has 0 saturated heterocycles. The third-order valence-electron chi connectivity index (χ3n) is 3.39. The van der Waals surface area contributed by atoms with Crippen LogP contribution in [0.3, 0.4) is 0 Å². The second-order valence-electron chi connectivity index (χ2n) is 4.69. The van der Waals surface area contributed by atoms with Crippen molar-refractivity contribution in [2.45, 2.75) is 26.9 Å². The van der Waals surface area contributed by atoms with Gasteiger partial charge in [-0.15, -0.1) is 0 Å². The van der Waals surface area contributed by atoms with Crippen molar-refractivity contribution in [3.8, 4) is 11.5 Å². The van der Waals surface area contributed by atoms with Crippen LogP contribution >= 0.6 is 0 Å². The molecule has 1 aromatic heterocycles. The van der Waals surface area contributed by atoms with Crippen molar-refractivity contribution in [1.82, 2.24) is 15.5 Å². The monoisotopic (exact) mass is 275 g/mol. The second kappa shape index (κ2) is 6.43. The maximum Gasteiger partial charge on any atom is 0.127 e. The van der Waals surface area contributed by atoms with Gasteiger partial charge in [0.15, 0.2) is 0 Å². The van der Waals surface area contributed by atoms with E-state index in [2.05, 4.69) is 15.5 Å². The number of hydrogen-bond acceptors (Lipinski definition) is 4. The second-order valence-corrected chi connectivity index (χ2v) is 4.69. The Bertz CT molecular complexity index is 559. The molecular formula is C15H21N3O2. The largest absolute Gasteiger partial charge is 0.497 e. The van der Waals surface area contributed by atoms with E-state index in [4.69, 9.17) is 9.47 Å². The number of H-pyrrole nitrogens is 1. The molecule has 5 heteroatoms. The molecule has 0 amide bonds. The third-order valence-corrected chi connectivity index (χ3v) is 3.39. The van der Waals surface area contributed by atoms with Crippen molar-refractivity contribution < 1.29 is 9.47 Å². The fourth-order valence-corrected chi connectivity index (χ4v) is 2.15. The Morgan fingerprint density at radius 2 is 1.95 bits per heavy atom. The topological polar surface area (TPSA) is 59.2 Å². The highest BCUT2D eigenvalue weighted by atomic mass is 16.5. The summed E-state index contributed by atoms with van der Waals surface area (Å²) < 4.78 is 10.6. The standard InChI is InChI=1S/C15H21N3O2/c1-10-14(11(2)18-17-10)9-16-8-12-5-6-13(19-3)7-15(12)20-4/h5-7,16H,8-9H2,1-4H3,(H,17,18). The van der Waals surface area contributed by atoms with Crippen LogP contribution in [0, 0.1) is 13.8 Å². The molecular weight excluding hydrogens is 254 g/mol. The lowest BCUT2D eigenvalue weighted by atomic mass is 10.1. The summed E-state index contributed by atoms with van der Waals surface area (Å²) in [4.78, 5) is 0. The molecule has 2 N–H and O–H groups in total. The minimum Gasteiger partial charge on any atom is -0.497 e. The number of nitrogens with one attached hydrogen (secondary N) is 2. The molecule has 0 fully saturated rings. The van der Waals surface area contributed by atoms with Crippen molar-refractivity contribution >= 4 is 0 Å². The van der Waals surface area contributed by atoms with Crippen LogP contribution in [-0.4, -0.2) is 24.4 Å². The SMILES string of the molecule is COc1ccc(CNCc2c(C)n[nH]c2C)c(OC)c1. The normalized spacial score (nSPS) is 10.6. The van der Waals surface area contributed by atoms with Gasteiger partial charge >= 0.3 is 0 Å². The molecule has 0 aliphatic heterocycles. The Morgan fingerprint density at radius 1 is 1.15 bits per heavy atom. The number of aromatic nitrogens is 2. The molecule has 0 radical (unpaired) electrons. The summed E-state index contributed by atoms with van der Waals surface area (Å²) in [6, 6.07) is 5.85. The van der Waals surface area contributed by atoms with E-state index < -0.39 is 0 Å². The molecule has 20 heavy (non-hydrogen) atoms. The Kier molecular flexibility index (Phi) is 4.63. The van der Waals surface area contributed by atoms with Gasteiger partial charge < -0.3 is 14.8 Å². The van der Waals surface area contributed by atoms with Crippen molar-refractivity contribution in [1.29, 1.82) is 0 Å². The van der Waals surface area contributed by atoms with Crippen LogP contribution in [-0.2, 0) is 13.1 Å². The first-order chi connectivity index (χ1) is 9.65. The fourth-order valence-electron chi connectivity index (χ4n) is 2.15. The van der Waals surface area contributed by atoms with Crippen LogP contribution in [0.2, 0.25) is 0 Å². The first kappa shape index (κ1) is 14.4. The van der Waals surface area contributed by atoms with Gasteiger partial charge in [-0.2, -0.15) is 5.10 Å². The van der Waals surface area contributed by atoms with E-state index in [1.165, 1.54) is 5.56 Å². The van der Waals surface area contributed by atoms with E-state index in [0.29, 0.717) is 0 Å². The lowest BCUT2D eigenvalue weighted by molar-refractivity contribution is 0.390. The molecule has 0 saturated carbocycles. The third kappa shape index (κ3) is 3.11. The first-order valence-corrected chi connectivity index (χ1v) is 6.57. The minimum atomic E-state index is 0.733. The number of ether oxygens (including phenoxy) is 2. The molecule has 0 atom stereocenters. The molecule has 2 rings (SSSR count). The van der Waals surface area contributed by atoms with E-state index in [1.807, 2.05) is 32.0 Å². The van der Waals surface area contributed by atoms with Gasteiger partial charge in [0.2, 0.25) is 0 Å². The lowest BCUT2D eigenvalue weighted by Crippen LogP contribution is -2.14. The van der Waals surface area contributed by atoms with Gasteiger partial charge in [-0.3, -0.25) is 5.10 Å². The van der Waals surface area contributed by atoms with E-state index in [9.17, 15) is 0 Å². The maximum atomic E-state index is 5.38. The number of hydrogen-bond donors (Lipinski definition) is 2. The zero-order valence-electron chi connectivity index (χ0n) is 12.4. The molecule has 0 aliphatic rings. The first-order valence-electron chi connectivity index (χ1n) is 6.57. The number of nitrogens with zero attached hydrogens (tertiary/aromatic N) is 1. The summed E-state index contributed by atoms with van der Waals surface area (Å²) in [5, 5.41) is 10.6. The Balaban J connectivity index is 2.01. The quantitative estimate of drug-likeness (QED) is 0.849. The molecule has 0 unspecified atom stereocenters. The van der Waals surface area contributed by atoms with E-state index in [1.54, 1.807) is 14.2 Å². The van der Waals surface area contributed by atoms with Crippen molar-refractivity contribution in [2.24, 2.45) is 0 Å². The average molecular weight is 275 g/mol. The maximum absolute atomic E-state index is 5.38. The van der Waals surface area contributed by atoms with Crippen LogP contribution in [0.1, 0.15) is 22.5 Å². The zero-order chi connectivity index (χ0) is 14.5. The summed E-state index contributed by atoms with van der Waals surface area (Å²) in [6.45, 7) is 5.56. The van der Waals surface area contributed by atoms with Gasteiger partial charge in [0.1, 0.15) is 11.5 Å². The summed E-state index contributed by atoms with van der Waals surface area (Å²) in [5.41, 5.74) is 4.47. The molecule has 1 heterocycles. The van der Waals surface area contributed by atoms with Crippen molar-refractivity contribution in [2.75, 3.05) is 14.2 Å². The van der Waals surface area contributed by atoms with E-state index in [-0.39, 0.29) is 0 Å². The summed E-state index contributed by atoms with van der Waals surface area (Å²) >= 11 is 0. The van der Waals surface area contributed by atoms with Gasteiger partial charge in [-0.05, 0) is 19.9 Å². The van der Waals surface area contributed by atoms with Gasteiger partial charge in [0, 0.05) is 36.0 Å². The Labute approximate surface area is 119 Å². The van der Waals surface area contributed by atoms with Gasteiger partial charge in [0.25, 0.3) is 0 Å². The molecule has 0 spiro atoms. The van der Waals surface area contributed by atoms with Gasteiger partial charge in [0.05, 0.1) is 19.9 Å². The average Bonchev–Trinajstić information content (AvgIpc) is 2.79. The highest BCUT2D eigenvalue weighted by Crippen LogP contribution is 2.24. The number of aromatic amines is 1. The molecule has 0 bridgehead atoms. The van der Waals surface area contributed by atoms with Crippen LogP contribution in [0.25, 0.3) is 0 Å². The summed E-state index contributed by atoms with van der Waals surface area (Å²) in [7, 11) is 3.32. The van der Waals surface area contributed by atoms with Crippen molar-refractivity contribution in [3.05, 3.63) is 40.7 Å². The van der Waals surface area contributed by atoms with E-state index >= 15 is 0 Å². The zero-order valence-corrected chi connectivity index (χ0v) is 12.4. The lowest BCUT2D eigenvalue weighted by Gasteiger charge is -2.11. The predicted octanol–water partition coefficient (Wildman–Crippen LogP) is 2.33. The van der Waals surface area contributed by atoms with Crippen LogP contribution in [0.5, 0.6) is 11.5 Å². The Hall–Kier alpha value is -2.01. The van der Waals surface area contributed by atoms with Crippen LogP contribution in [0.15, 0.2) is 18.2 Å². The molecule has 0 aliphatic carbocycles.